The van der Waals surface area contributed by atoms with Crippen LogP contribution in [-0.2, 0) is 4.79 Å². The van der Waals surface area contributed by atoms with Crippen molar-refractivity contribution in [3.63, 3.8) is 0 Å². The Labute approximate surface area is 133 Å². The minimum Gasteiger partial charge on any atom is -0.353 e. The van der Waals surface area contributed by atoms with Crippen molar-refractivity contribution in [2.75, 3.05) is 12.4 Å². The molecular formula is C17H16ClN3O. The number of rotatable bonds is 5. The fourth-order valence-corrected chi connectivity index (χ4v) is 2.49. The lowest BCUT2D eigenvalue weighted by Gasteiger charge is -1.99. The molecule has 1 amide bonds. The fourth-order valence-electron chi connectivity index (χ4n) is 2.36. The van der Waals surface area contributed by atoms with Crippen molar-refractivity contribution in [1.29, 1.82) is 0 Å². The molecule has 0 radical (unpaired) electrons. The minimum atomic E-state index is -0.133. The maximum Gasteiger partial charge on any atom is 0.244 e. The SMILES string of the molecule is O=C(/C=C/c1cc2c(cn1)[nH]c1ccccc12)NCCCCl. The molecule has 0 unspecified atom stereocenters. The van der Waals surface area contributed by atoms with Crippen molar-refractivity contribution in [2.45, 2.75) is 6.42 Å². The standard InChI is InChI=1S/C17H16ClN3O/c18-8-3-9-19-17(22)7-6-12-10-14-13-4-1-2-5-15(13)21-16(14)11-20-12/h1-2,4-7,10-11,21H,3,8-9H2,(H,19,22)/b7-6+. The van der Waals surface area contributed by atoms with Gasteiger partial charge in [0.15, 0.2) is 0 Å². The predicted octanol–water partition coefficient (Wildman–Crippen LogP) is 3.47. The van der Waals surface area contributed by atoms with Gasteiger partial charge in [-0.25, -0.2) is 0 Å². The molecule has 22 heavy (non-hydrogen) atoms. The van der Waals surface area contributed by atoms with E-state index in [0.29, 0.717) is 12.4 Å². The Morgan fingerprint density at radius 3 is 3.00 bits per heavy atom. The van der Waals surface area contributed by atoms with Crippen molar-refractivity contribution >= 4 is 45.4 Å². The monoisotopic (exact) mass is 313 g/mol. The molecule has 0 aliphatic carbocycles. The Kier molecular flexibility index (Phi) is 4.39. The van der Waals surface area contributed by atoms with Gasteiger partial charge in [-0.05, 0) is 24.6 Å². The van der Waals surface area contributed by atoms with E-state index in [2.05, 4.69) is 21.4 Å². The Morgan fingerprint density at radius 2 is 2.14 bits per heavy atom. The highest BCUT2D eigenvalue weighted by Crippen LogP contribution is 2.25. The van der Waals surface area contributed by atoms with Gasteiger partial charge in [0.2, 0.25) is 5.91 Å². The normalized spacial score (nSPS) is 11.5. The van der Waals surface area contributed by atoms with Crippen LogP contribution in [0.25, 0.3) is 27.9 Å². The molecule has 2 aromatic heterocycles. The summed E-state index contributed by atoms with van der Waals surface area (Å²) in [4.78, 5) is 19.3. The second-order valence-electron chi connectivity index (χ2n) is 4.99. The zero-order valence-electron chi connectivity index (χ0n) is 12.0. The lowest BCUT2D eigenvalue weighted by Crippen LogP contribution is -2.22. The van der Waals surface area contributed by atoms with E-state index < -0.39 is 0 Å². The number of H-pyrrole nitrogens is 1. The zero-order chi connectivity index (χ0) is 15.4. The van der Waals surface area contributed by atoms with E-state index in [1.807, 2.05) is 24.3 Å². The summed E-state index contributed by atoms with van der Waals surface area (Å²) in [6.07, 6.45) is 5.77. The van der Waals surface area contributed by atoms with Gasteiger partial charge in [0.1, 0.15) is 0 Å². The molecule has 0 bridgehead atoms. The summed E-state index contributed by atoms with van der Waals surface area (Å²) in [6, 6.07) is 10.1. The van der Waals surface area contributed by atoms with Crippen molar-refractivity contribution in [3.8, 4) is 0 Å². The van der Waals surface area contributed by atoms with Crippen LogP contribution in [0.5, 0.6) is 0 Å². The number of nitrogens with zero attached hydrogens (tertiary/aromatic N) is 1. The van der Waals surface area contributed by atoms with Crippen LogP contribution in [0, 0.1) is 0 Å². The molecule has 2 N–H and O–H groups in total. The van der Waals surface area contributed by atoms with E-state index in [0.717, 1.165) is 33.9 Å². The quantitative estimate of drug-likeness (QED) is 0.430. The van der Waals surface area contributed by atoms with Crippen LogP contribution in [-0.4, -0.2) is 28.3 Å². The van der Waals surface area contributed by atoms with Crippen LogP contribution in [0.4, 0.5) is 0 Å². The lowest BCUT2D eigenvalue weighted by atomic mass is 10.1. The molecule has 3 aromatic rings. The Hall–Kier alpha value is -2.33. The number of halogens is 1. The second-order valence-corrected chi connectivity index (χ2v) is 5.37. The van der Waals surface area contributed by atoms with Gasteiger partial charge in [0.05, 0.1) is 17.4 Å². The van der Waals surface area contributed by atoms with Gasteiger partial charge in [0, 0.05) is 34.8 Å². The fraction of sp³-hybridized carbons (Fsp3) is 0.176. The predicted molar refractivity (Wildman–Crippen MR) is 91.0 cm³/mol. The molecule has 0 spiro atoms. The molecular weight excluding hydrogens is 298 g/mol. The van der Waals surface area contributed by atoms with Gasteiger partial charge in [-0.3, -0.25) is 9.78 Å². The maximum atomic E-state index is 11.6. The molecule has 0 aliphatic heterocycles. The first-order valence-corrected chi connectivity index (χ1v) is 7.70. The molecule has 0 saturated carbocycles. The highest BCUT2D eigenvalue weighted by Gasteiger charge is 2.04. The van der Waals surface area contributed by atoms with Gasteiger partial charge in [-0.1, -0.05) is 18.2 Å². The Bertz CT molecular complexity index is 838. The number of hydrogen-bond donors (Lipinski definition) is 2. The highest BCUT2D eigenvalue weighted by molar-refractivity contribution is 6.17. The maximum absolute atomic E-state index is 11.6. The van der Waals surface area contributed by atoms with Gasteiger partial charge >= 0.3 is 0 Å². The molecule has 0 saturated heterocycles. The second kappa shape index (κ2) is 6.62. The van der Waals surface area contributed by atoms with E-state index >= 15 is 0 Å². The van der Waals surface area contributed by atoms with Crippen LogP contribution in [0.1, 0.15) is 12.1 Å². The van der Waals surface area contributed by atoms with Crippen molar-refractivity contribution < 1.29 is 4.79 Å². The first kappa shape index (κ1) is 14.6. The number of benzene rings is 1. The number of carbonyl (C=O) groups excluding carboxylic acids is 1. The summed E-state index contributed by atoms with van der Waals surface area (Å²) in [6.45, 7) is 0.585. The van der Waals surface area contributed by atoms with E-state index in [1.165, 1.54) is 6.08 Å². The molecule has 1 aromatic carbocycles. The molecule has 4 nitrogen and oxygen atoms in total. The number of hydrogen-bond acceptors (Lipinski definition) is 2. The van der Waals surface area contributed by atoms with Crippen LogP contribution in [0.15, 0.2) is 42.6 Å². The lowest BCUT2D eigenvalue weighted by molar-refractivity contribution is -0.116. The van der Waals surface area contributed by atoms with Crippen molar-refractivity contribution in [3.05, 3.63) is 48.3 Å². The summed E-state index contributed by atoms with van der Waals surface area (Å²) in [5, 5.41) is 5.03. The number of pyridine rings is 1. The number of amides is 1. The van der Waals surface area contributed by atoms with Crippen LogP contribution < -0.4 is 5.32 Å². The van der Waals surface area contributed by atoms with Crippen LogP contribution >= 0.6 is 11.6 Å². The number of aromatic amines is 1. The van der Waals surface area contributed by atoms with E-state index in [4.69, 9.17) is 11.6 Å². The molecule has 0 aliphatic rings. The third-order valence-electron chi connectivity index (χ3n) is 3.43. The molecule has 0 fully saturated rings. The summed E-state index contributed by atoms with van der Waals surface area (Å²) < 4.78 is 0. The van der Waals surface area contributed by atoms with E-state index in [9.17, 15) is 4.79 Å². The number of alkyl halides is 1. The van der Waals surface area contributed by atoms with Crippen LogP contribution in [0.2, 0.25) is 0 Å². The highest BCUT2D eigenvalue weighted by atomic mass is 35.5. The first-order valence-electron chi connectivity index (χ1n) is 7.16. The topological polar surface area (TPSA) is 57.8 Å². The van der Waals surface area contributed by atoms with E-state index in [-0.39, 0.29) is 5.91 Å². The van der Waals surface area contributed by atoms with Gasteiger partial charge in [0.25, 0.3) is 0 Å². The summed E-state index contributed by atoms with van der Waals surface area (Å²) in [7, 11) is 0. The zero-order valence-corrected chi connectivity index (χ0v) is 12.7. The average molecular weight is 314 g/mol. The van der Waals surface area contributed by atoms with Gasteiger partial charge < -0.3 is 10.3 Å². The van der Waals surface area contributed by atoms with Gasteiger partial charge in [-0.2, -0.15) is 0 Å². The summed E-state index contributed by atoms with van der Waals surface area (Å²) in [5.74, 6) is 0.411. The first-order chi connectivity index (χ1) is 10.8. The van der Waals surface area contributed by atoms with Crippen LogP contribution in [0.3, 0.4) is 0 Å². The van der Waals surface area contributed by atoms with E-state index in [1.54, 1.807) is 12.3 Å². The largest absolute Gasteiger partial charge is 0.353 e. The molecule has 0 atom stereocenters. The Balaban J connectivity index is 1.82. The molecule has 2 heterocycles. The number of nitrogens with one attached hydrogen (secondary N) is 2. The number of aromatic nitrogens is 2. The van der Waals surface area contributed by atoms with Crippen molar-refractivity contribution in [1.82, 2.24) is 15.3 Å². The third-order valence-corrected chi connectivity index (χ3v) is 3.69. The number of fused-ring (bicyclic) bond motifs is 3. The molecule has 3 rings (SSSR count). The molecule has 112 valence electrons. The third kappa shape index (κ3) is 3.12. The summed E-state index contributed by atoms with van der Waals surface area (Å²) in [5.41, 5.74) is 2.83. The van der Waals surface area contributed by atoms with Gasteiger partial charge in [-0.15, -0.1) is 11.6 Å². The Morgan fingerprint density at radius 1 is 1.27 bits per heavy atom. The average Bonchev–Trinajstić information content (AvgIpc) is 2.91. The number of para-hydroxylation sites is 1. The molecule has 5 heteroatoms. The smallest absolute Gasteiger partial charge is 0.244 e. The summed E-state index contributed by atoms with van der Waals surface area (Å²) >= 11 is 5.57. The number of carbonyl (C=O) groups is 1. The van der Waals surface area contributed by atoms with Crippen molar-refractivity contribution in [2.24, 2.45) is 0 Å². The minimum absolute atomic E-state index is 0.133.